The Balaban J connectivity index is 1.55. The highest BCUT2D eigenvalue weighted by atomic mass is 32.2. The van der Waals surface area contributed by atoms with Crippen molar-refractivity contribution in [2.45, 2.75) is 18.6 Å². The van der Waals surface area contributed by atoms with Crippen LogP contribution in [0.3, 0.4) is 0 Å². The van der Waals surface area contributed by atoms with Crippen LogP contribution in [-0.2, 0) is 11.3 Å². The quantitative estimate of drug-likeness (QED) is 0.336. The summed E-state index contributed by atoms with van der Waals surface area (Å²) in [6.45, 7) is 2.69. The predicted octanol–water partition coefficient (Wildman–Crippen LogP) is 2.91. The number of thioether (sulfide) groups is 1. The molecule has 2 N–H and O–H groups in total. The van der Waals surface area contributed by atoms with Crippen LogP contribution >= 0.6 is 11.8 Å². The molecule has 0 atom stereocenters. The van der Waals surface area contributed by atoms with Crippen LogP contribution in [0.2, 0.25) is 0 Å². The average Bonchev–Trinajstić information content (AvgIpc) is 3.16. The van der Waals surface area contributed by atoms with E-state index >= 15 is 0 Å². The second-order valence-electron chi connectivity index (χ2n) is 5.93. The molecule has 1 amide bonds. The molecular formula is C20H19N5O3S. The predicted molar refractivity (Wildman–Crippen MR) is 111 cm³/mol. The zero-order chi connectivity index (χ0) is 20.6. The van der Waals surface area contributed by atoms with E-state index < -0.39 is 5.97 Å². The molecule has 2 aromatic carbocycles. The summed E-state index contributed by atoms with van der Waals surface area (Å²) in [6.07, 6.45) is 1.45. The maximum absolute atomic E-state index is 12.0. The third-order valence-electron chi connectivity index (χ3n) is 3.96. The molecule has 1 heterocycles. The van der Waals surface area contributed by atoms with Gasteiger partial charge in [-0.15, -0.1) is 10.2 Å². The van der Waals surface area contributed by atoms with Crippen molar-refractivity contribution < 1.29 is 14.7 Å². The molecule has 0 aliphatic heterocycles. The van der Waals surface area contributed by atoms with Crippen LogP contribution in [0, 0.1) is 0 Å². The molecule has 148 valence electrons. The summed E-state index contributed by atoms with van der Waals surface area (Å²) in [6, 6.07) is 15.9. The summed E-state index contributed by atoms with van der Waals surface area (Å²) in [5.74, 6) is -0.365. The first-order valence-electron chi connectivity index (χ1n) is 8.85. The van der Waals surface area contributed by atoms with Gasteiger partial charge >= 0.3 is 5.97 Å². The number of benzene rings is 2. The maximum atomic E-state index is 12.0. The van der Waals surface area contributed by atoms with Crippen molar-refractivity contribution in [3.8, 4) is 11.4 Å². The number of nitrogens with zero attached hydrogens (tertiary/aromatic N) is 4. The highest BCUT2D eigenvalue weighted by Crippen LogP contribution is 2.23. The first kappa shape index (κ1) is 20.3. The van der Waals surface area contributed by atoms with E-state index in [1.165, 1.54) is 30.1 Å². The van der Waals surface area contributed by atoms with Gasteiger partial charge in [0, 0.05) is 12.1 Å². The van der Waals surface area contributed by atoms with E-state index in [4.69, 9.17) is 5.11 Å². The first-order valence-corrected chi connectivity index (χ1v) is 9.83. The molecule has 0 fully saturated rings. The van der Waals surface area contributed by atoms with Crippen LogP contribution in [0.25, 0.3) is 11.4 Å². The minimum atomic E-state index is -0.992. The lowest BCUT2D eigenvalue weighted by Gasteiger charge is -2.06. The number of amides is 1. The van der Waals surface area contributed by atoms with Gasteiger partial charge < -0.3 is 9.67 Å². The van der Waals surface area contributed by atoms with E-state index in [2.05, 4.69) is 20.7 Å². The highest BCUT2D eigenvalue weighted by Gasteiger charge is 2.14. The smallest absolute Gasteiger partial charge is 0.335 e. The third kappa shape index (κ3) is 5.29. The number of hydrogen-bond donors (Lipinski definition) is 2. The van der Waals surface area contributed by atoms with Crippen LogP contribution in [0.5, 0.6) is 0 Å². The number of nitrogens with one attached hydrogen (secondary N) is 1. The van der Waals surface area contributed by atoms with Crippen LogP contribution in [0.4, 0.5) is 0 Å². The molecular weight excluding hydrogens is 390 g/mol. The normalized spacial score (nSPS) is 10.9. The minimum Gasteiger partial charge on any atom is -0.478 e. The van der Waals surface area contributed by atoms with E-state index in [1.54, 1.807) is 12.1 Å². The Hall–Kier alpha value is -3.46. The molecule has 0 saturated carbocycles. The van der Waals surface area contributed by atoms with Crippen molar-refractivity contribution >= 4 is 29.9 Å². The Labute approximate surface area is 171 Å². The lowest BCUT2D eigenvalue weighted by atomic mass is 10.1. The van der Waals surface area contributed by atoms with Gasteiger partial charge in [0.25, 0.3) is 5.91 Å². The van der Waals surface area contributed by atoms with E-state index in [0.717, 1.165) is 11.4 Å². The summed E-state index contributed by atoms with van der Waals surface area (Å²) in [4.78, 5) is 22.9. The molecule has 0 spiro atoms. The summed E-state index contributed by atoms with van der Waals surface area (Å²) in [7, 11) is 0. The van der Waals surface area contributed by atoms with E-state index in [9.17, 15) is 9.59 Å². The molecule has 0 radical (unpaired) electrons. The van der Waals surface area contributed by atoms with Crippen molar-refractivity contribution in [2.24, 2.45) is 5.10 Å². The summed E-state index contributed by atoms with van der Waals surface area (Å²) in [5, 5.41) is 21.9. The highest BCUT2D eigenvalue weighted by molar-refractivity contribution is 7.99. The van der Waals surface area contributed by atoms with Crippen LogP contribution in [0.1, 0.15) is 22.8 Å². The first-order chi connectivity index (χ1) is 14.1. The fourth-order valence-corrected chi connectivity index (χ4v) is 3.33. The molecule has 1 aromatic heterocycles. The van der Waals surface area contributed by atoms with Crippen molar-refractivity contribution in [1.82, 2.24) is 20.2 Å². The summed E-state index contributed by atoms with van der Waals surface area (Å²) in [5.41, 5.74) is 4.29. The van der Waals surface area contributed by atoms with Gasteiger partial charge in [0.1, 0.15) is 0 Å². The standard InChI is InChI=1S/C20H19N5O3S/c1-2-25-18(15-6-4-3-5-7-15)23-24-20(25)29-13-17(26)22-21-12-14-8-10-16(11-9-14)19(27)28/h3-12H,2,13H2,1H3,(H,22,26)(H,27,28)/b21-12-. The van der Waals surface area contributed by atoms with Gasteiger partial charge in [0.05, 0.1) is 17.5 Å². The lowest BCUT2D eigenvalue weighted by molar-refractivity contribution is -0.118. The second-order valence-corrected chi connectivity index (χ2v) is 6.87. The van der Waals surface area contributed by atoms with Crippen LogP contribution in [-0.4, -0.2) is 43.7 Å². The van der Waals surface area contributed by atoms with Crippen molar-refractivity contribution in [3.63, 3.8) is 0 Å². The molecule has 3 aromatic rings. The molecule has 8 nitrogen and oxygen atoms in total. The second kappa shape index (κ2) is 9.65. The number of aromatic nitrogens is 3. The van der Waals surface area contributed by atoms with Crippen molar-refractivity contribution in [1.29, 1.82) is 0 Å². The Kier molecular flexibility index (Phi) is 6.75. The molecule has 0 unspecified atom stereocenters. The van der Waals surface area contributed by atoms with Crippen LogP contribution < -0.4 is 5.43 Å². The zero-order valence-corrected chi connectivity index (χ0v) is 16.5. The summed E-state index contributed by atoms with van der Waals surface area (Å²) < 4.78 is 1.96. The fourth-order valence-electron chi connectivity index (χ4n) is 2.53. The Morgan fingerprint density at radius 1 is 1.14 bits per heavy atom. The monoisotopic (exact) mass is 409 g/mol. The number of carbonyl (C=O) groups excluding carboxylic acids is 1. The van der Waals surface area contributed by atoms with Gasteiger partial charge in [-0.1, -0.05) is 54.2 Å². The molecule has 9 heteroatoms. The van der Waals surface area contributed by atoms with Crippen molar-refractivity contribution in [2.75, 3.05) is 5.75 Å². The Morgan fingerprint density at radius 2 is 1.86 bits per heavy atom. The van der Waals surface area contributed by atoms with Gasteiger partial charge in [0.2, 0.25) is 0 Å². The number of hydrogen-bond acceptors (Lipinski definition) is 6. The fraction of sp³-hybridized carbons (Fsp3) is 0.150. The largest absolute Gasteiger partial charge is 0.478 e. The van der Waals surface area contributed by atoms with Gasteiger partial charge in [-0.3, -0.25) is 4.79 Å². The van der Waals surface area contributed by atoms with Crippen molar-refractivity contribution in [3.05, 3.63) is 65.7 Å². The van der Waals surface area contributed by atoms with E-state index in [0.29, 0.717) is 17.3 Å². The zero-order valence-electron chi connectivity index (χ0n) is 15.6. The number of aromatic carboxylic acids is 1. The Morgan fingerprint density at radius 3 is 2.52 bits per heavy atom. The number of rotatable bonds is 8. The van der Waals surface area contributed by atoms with Gasteiger partial charge in [-0.2, -0.15) is 5.10 Å². The number of carboxylic acids is 1. The van der Waals surface area contributed by atoms with Gasteiger partial charge in [0.15, 0.2) is 11.0 Å². The molecule has 0 aliphatic carbocycles. The molecule has 0 aliphatic rings. The van der Waals surface area contributed by atoms with E-state index in [1.807, 2.05) is 41.8 Å². The topological polar surface area (TPSA) is 109 Å². The maximum Gasteiger partial charge on any atom is 0.335 e. The third-order valence-corrected chi connectivity index (χ3v) is 4.92. The Bertz CT molecular complexity index is 1020. The van der Waals surface area contributed by atoms with Crippen LogP contribution in [0.15, 0.2) is 64.9 Å². The number of carboxylic acid groups (broad SMARTS) is 1. The molecule has 29 heavy (non-hydrogen) atoms. The lowest BCUT2D eigenvalue weighted by Crippen LogP contribution is -2.20. The number of carbonyl (C=O) groups is 2. The SMILES string of the molecule is CCn1c(SCC(=O)N/N=C\c2ccc(C(=O)O)cc2)nnc1-c1ccccc1. The average molecular weight is 409 g/mol. The molecule has 0 bridgehead atoms. The number of hydrazone groups is 1. The van der Waals surface area contributed by atoms with Gasteiger partial charge in [-0.25, -0.2) is 10.2 Å². The molecule has 3 rings (SSSR count). The molecule has 0 saturated heterocycles. The minimum absolute atomic E-state index is 0.141. The summed E-state index contributed by atoms with van der Waals surface area (Å²) >= 11 is 1.28. The van der Waals surface area contributed by atoms with Gasteiger partial charge in [-0.05, 0) is 24.6 Å². The van der Waals surface area contributed by atoms with E-state index in [-0.39, 0.29) is 17.2 Å².